The normalized spacial score (nSPS) is 12.6. The molecule has 0 saturated heterocycles. The Morgan fingerprint density at radius 2 is 2.24 bits per heavy atom. The Balaban J connectivity index is 1.94. The van der Waals surface area contributed by atoms with Crippen LogP contribution in [0.3, 0.4) is 0 Å². The number of nitrogens with zero attached hydrogens (tertiary/aromatic N) is 2. The summed E-state index contributed by atoms with van der Waals surface area (Å²) in [6.07, 6.45) is 4.49. The quantitative estimate of drug-likeness (QED) is 0.883. The number of hydrogen-bond donors (Lipinski definition) is 1. The van der Waals surface area contributed by atoms with E-state index in [1.807, 2.05) is 13.8 Å². The van der Waals surface area contributed by atoms with Gasteiger partial charge in [0.25, 0.3) is 0 Å². The lowest BCUT2D eigenvalue weighted by Crippen LogP contribution is -2.18. The van der Waals surface area contributed by atoms with Crippen LogP contribution < -0.4 is 5.32 Å². The van der Waals surface area contributed by atoms with Crippen molar-refractivity contribution in [1.29, 1.82) is 0 Å². The van der Waals surface area contributed by atoms with Crippen LogP contribution in [0.5, 0.6) is 0 Å². The highest BCUT2D eigenvalue weighted by molar-refractivity contribution is 5.10. The fourth-order valence-electron chi connectivity index (χ4n) is 1.48. The highest BCUT2D eigenvalue weighted by Gasteiger charge is 2.10. The average Bonchev–Trinajstić information content (AvgIpc) is 2.73. The predicted molar refractivity (Wildman–Crippen MR) is 60.7 cm³/mol. The Hall–Kier alpha value is -1.75. The van der Waals surface area contributed by atoms with Crippen molar-refractivity contribution < 1.29 is 8.81 Å². The minimum absolute atomic E-state index is 0.0213. The molecule has 4 nitrogen and oxygen atoms in total. The van der Waals surface area contributed by atoms with E-state index < -0.39 is 0 Å². The Morgan fingerprint density at radius 1 is 1.41 bits per heavy atom. The number of hydrogen-bond acceptors (Lipinski definition) is 4. The SMILES string of the molecule is Cc1cnc(C(C)NCc2cncc(F)c2)o1. The summed E-state index contributed by atoms with van der Waals surface area (Å²) in [6, 6.07) is 1.43. The van der Waals surface area contributed by atoms with E-state index in [4.69, 9.17) is 4.42 Å². The molecule has 2 aromatic heterocycles. The number of rotatable bonds is 4. The first-order valence-corrected chi connectivity index (χ1v) is 5.40. The third kappa shape index (κ3) is 3.10. The monoisotopic (exact) mass is 235 g/mol. The average molecular weight is 235 g/mol. The molecule has 0 saturated carbocycles. The summed E-state index contributed by atoms with van der Waals surface area (Å²) in [4.78, 5) is 7.91. The van der Waals surface area contributed by atoms with Gasteiger partial charge in [-0.25, -0.2) is 9.37 Å². The fourth-order valence-corrected chi connectivity index (χ4v) is 1.48. The highest BCUT2D eigenvalue weighted by Crippen LogP contribution is 2.12. The van der Waals surface area contributed by atoms with E-state index in [2.05, 4.69) is 15.3 Å². The molecule has 0 aliphatic heterocycles. The Labute approximate surface area is 98.9 Å². The van der Waals surface area contributed by atoms with Crippen molar-refractivity contribution in [3.05, 3.63) is 47.7 Å². The molecular weight excluding hydrogens is 221 g/mol. The topological polar surface area (TPSA) is 51.0 Å². The first-order chi connectivity index (χ1) is 8.15. The third-order valence-electron chi connectivity index (χ3n) is 2.38. The molecule has 0 aliphatic rings. The second-order valence-electron chi connectivity index (χ2n) is 3.92. The maximum atomic E-state index is 12.9. The smallest absolute Gasteiger partial charge is 0.211 e. The number of nitrogens with one attached hydrogen (secondary N) is 1. The molecule has 0 aromatic carbocycles. The highest BCUT2D eigenvalue weighted by atomic mass is 19.1. The van der Waals surface area contributed by atoms with E-state index in [0.717, 1.165) is 11.3 Å². The molecule has 17 heavy (non-hydrogen) atoms. The molecule has 2 aromatic rings. The van der Waals surface area contributed by atoms with Crippen molar-refractivity contribution in [2.24, 2.45) is 0 Å². The summed E-state index contributed by atoms with van der Waals surface area (Å²) < 4.78 is 18.3. The molecule has 2 heterocycles. The van der Waals surface area contributed by atoms with Gasteiger partial charge in [-0.3, -0.25) is 4.98 Å². The van der Waals surface area contributed by atoms with Crippen LogP contribution in [0, 0.1) is 12.7 Å². The van der Waals surface area contributed by atoms with Crippen LogP contribution in [-0.4, -0.2) is 9.97 Å². The second kappa shape index (κ2) is 5.05. The standard InChI is InChI=1S/C12H14FN3O/c1-8-4-16-12(17-8)9(2)15-6-10-3-11(13)7-14-5-10/h3-5,7,9,15H,6H2,1-2H3. The van der Waals surface area contributed by atoms with Gasteiger partial charge < -0.3 is 9.73 Å². The third-order valence-corrected chi connectivity index (χ3v) is 2.38. The molecule has 1 atom stereocenters. The van der Waals surface area contributed by atoms with Crippen LogP contribution >= 0.6 is 0 Å². The second-order valence-corrected chi connectivity index (χ2v) is 3.92. The Kier molecular flexibility index (Phi) is 3.49. The lowest BCUT2D eigenvalue weighted by Gasteiger charge is -2.09. The largest absolute Gasteiger partial charge is 0.444 e. The summed E-state index contributed by atoms with van der Waals surface area (Å²) in [6.45, 7) is 4.31. The number of halogens is 1. The summed E-state index contributed by atoms with van der Waals surface area (Å²) in [5.74, 6) is 1.08. The lowest BCUT2D eigenvalue weighted by atomic mass is 10.2. The van der Waals surface area contributed by atoms with E-state index in [0.29, 0.717) is 12.4 Å². The molecule has 0 amide bonds. The van der Waals surface area contributed by atoms with Gasteiger partial charge in [-0.05, 0) is 25.5 Å². The first-order valence-electron chi connectivity index (χ1n) is 5.40. The van der Waals surface area contributed by atoms with Gasteiger partial charge in [0, 0.05) is 12.7 Å². The number of aromatic nitrogens is 2. The molecule has 5 heteroatoms. The van der Waals surface area contributed by atoms with Crippen LogP contribution in [-0.2, 0) is 6.54 Å². The molecule has 0 radical (unpaired) electrons. The molecule has 0 fully saturated rings. The summed E-state index contributed by atoms with van der Waals surface area (Å²) in [7, 11) is 0. The molecule has 1 N–H and O–H groups in total. The molecule has 0 bridgehead atoms. The van der Waals surface area contributed by atoms with Crippen LogP contribution in [0.4, 0.5) is 4.39 Å². The zero-order valence-electron chi connectivity index (χ0n) is 9.77. The fraction of sp³-hybridized carbons (Fsp3) is 0.333. The number of aryl methyl sites for hydroxylation is 1. The van der Waals surface area contributed by atoms with Crippen molar-refractivity contribution in [3.8, 4) is 0 Å². The van der Waals surface area contributed by atoms with Crippen molar-refractivity contribution in [1.82, 2.24) is 15.3 Å². The minimum Gasteiger partial charge on any atom is -0.444 e. The van der Waals surface area contributed by atoms with Crippen molar-refractivity contribution >= 4 is 0 Å². The predicted octanol–water partition coefficient (Wildman–Crippen LogP) is 2.37. The van der Waals surface area contributed by atoms with Gasteiger partial charge in [0.15, 0.2) is 0 Å². The van der Waals surface area contributed by atoms with Gasteiger partial charge in [0.05, 0.1) is 18.4 Å². The van der Waals surface area contributed by atoms with Crippen LogP contribution in [0.1, 0.15) is 30.2 Å². The van der Waals surface area contributed by atoms with Gasteiger partial charge >= 0.3 is 0 Å². The van der Waals surface area contributed by atoms with Gasteiger partial charge in [-0.1, -0.05) is 0 Å². The van der Waals surface area contributed by atoms with Gasteiger partial charge in [0.1, 0.15) is 11.6 Å². The van der Waals surface area contributed by atoms with Crippen molar-refractivity contribution in [2.45, 2.75) is 26.4 Å². The molecule has 2 rings (SSSR count). The van der Waals surface area contributed by atoms with E-state index in [1.165, 1.54) is 12.3 Å². The summed E-state index contributed by atoms with van der Waals surface area (Å²) >= 11 is 0. The van der Waals surface area contributed by atoms with E-state index >= 15 is 0 Å². The van der Waals surface area contributed by atoms with Gasteiger partial charge in [-0.2, -0.15) is 0 Å². The van der Waals surface area contributed by atoms with E-state index in [9.17, 15) is 4.39 Å². The van der Waals surface area contributed by atoms with E-state index in [-0.39, 0.29) is 11.9 Å². The molecule has 0 aliphatic carbocycles. The Morgan fingerprint density at radius 3 is 2.88 bits per heavy atom. The summed E-state index contributed by atoms with van der Waals surface area (Å²) in [5, 5.41) is 3.19. The molecular formula is C12H14FN3O. The molecule has 1 unspecified atom stereocenters. The van der Waals surface area contributed by atoms with Crippen LogP contribution in [0.15, 0.2) is 29.1 Å². The van der Waals surface area contributed by atoms with E-state index in [1.54, 1.807) is 12.4 Å². The van der Waals surface area contributed by atoms with Gasteiger partial charge in [0.2, 0.25) is 5.89 Å². The lowest BCUT2D eigenvalue weighted by molar-refractivity contribution is 0.402. The molecule has 90 valence electrons. The first kappa shape index (κ1) is 11.7. The number of oxazole rings is 1. The van der Waals surface area contributed by atoms with Gasteiger partial charge in [-0.15, -0.1) is 0 Å². The van der Waals surface area contributed by atoms with Crippen molar-refractivity contribution in [2.75, 3.05) is 0 Å². The number of pyridine rings is 1. The minimum atomic E-state index is -0.330. The zero-order valence-corrected chi connectivity index (χ0v) is 9.77. The summed E-state index contributed by atoms with van der Waals surface area (Å²) in [5.41, 5.74) is 0.792. The van der Waals surface area contributed by atoms with Crippen molar-refractivity contribution in [3.63, 3.8) is 0 Å². The maximum Gasteiger partial charge on any atom is 0.211 e. The van der Waals surface area contributed by atoms with Crippen LogP contribution in [0.2, 0.25) is 0 Å². The van der Waals surface area contributed by atoms with Crippen LogP contribution in [0.25, 0.3) is 0 Å². The maximum absolute atomic E-state index is 12.9. The zero-order chi connectivity index (χ0) is 12.3. The molecule has 0 spiro atoms. The Bertz CT molecular complexity index is 498.